The fourth-order valence-corrected chi connectivity index (χ4v) is 2.03. The average molecular weight is 273 g/mol. The van der Waals surface area contributed by atoms with Crippen LogP contribution in [0.15, 0.2) is 30.6 Å². The fraction of sp³-hybridized carbons (Fsp3) is 0.357. The van der Waals surface area contributed by atoms with E-state index in [1.807, 2.05) is 32.0 Å². The number of carbonyl (C=O) groups is 1. The Kier molecular flexibility index (Phi) is 4.34. The third-order valence-corrected chi connectivity index (χ3v) is 3.04. The molecule has 0 aliphatic rings. The van der Waals surface area contributed by atoms with Gasteiger partial charge in [-0.05, 0) is 19.4 Å². The highest BCUT2D eigenvalue weighted by molar-refractivity contribution is 5.75. The molecule has 0 aliphatic carbocycles. The summed E-state index contributed by atoms with van der Waals surface area (Å²) >= 11 is 0. The number of nitrogens with two attached hydrogens (primary N) is 1. The van der Waals surface area contributed by atoms with Crippen LogP contribution in [-0.2, 0) is 17.9 Å². The van der Waals surface area contributed by atoms with Gasteiger partial charge in [-0.25, -0.2) is 9.67 Å². The molecule has 0 saturated heterocycles. The van der Waals surface area contributed by atoms with Crippen molar-refractivity contribution in [1.82, 2.24) is 19.7 Å². The molecular weight excluding hydrogens is 254 g/mol. The number of benzene rings is 1. The van der Waals surface area contributed by atoms with Crippen molar-refractivity contribution in [3.63, 3.8) is 0 Å². The van der Waals surface area contributed by atoms with E-state index in [1.165, 1.54) is 16.6 Å². The highest BCUT2D eigenvalue weighted by Gasteiger charge is 2.13. The van der Waals surface area contributed by atoms with Crippen molar-refractivity contribution in [3.05, 3.63) is 41.7 Å². The predicted octanol–water partition coefficient (Wildman–Crippen LogP) is 1.22. The number of aryl methyl sites for hydroxylation is 1. The third-order valence-electron chi connectivity index (χ3n) is 3.04. The molecule has 0 spiro atoms. The van der Waals surface area contributed by atoms with E-state index >= 15 is 0 Å². The van der Waals surface area contributed by atoms with Gasteiger partial charge in [-0.2, -0.15) is 0 Å². The van der Waals surface area contributed by atoms with Gasteiger partial charge in [0.25, 0.3) is 0 Å². The molecule has 6 heteroatoms. The lowest BCUT2D eigenvalue weighted by atomic mass is 10.1. The summed E-state index contributed by atoms with van der Waals surface area (Å²) < 4.78 is 1.45. The van der Waals surface area contributed by atoms with Crippen LogP contribution in [0.2, 0.25) is 0 Å². The lowest BCUT2D eigenvalue weighted by Crippen LogP contribution is -2.33. The Morgan fingerprint density at radius 3 is 2.85 bits per heavy atom. The molecule has 1 aromatic heterocycles. The number of likely N-dealkylation sites (N-methyl/N-ethyl adjacent to an activating group) is 1. The SMILES string of the molecule is CCN(Cc1cccc(C)c1)C(=O)Cn1cnc(N)n1. The Labute approximate surface area is 118 Å². The first-order valence-corrected chi connectivity index (χ1v) is 6.56. The molecule has 0 unspecified atom stereocenters. The van der Waals surface area contributed by atoms with Crippen LogP contribution >= 0.6 is 0 Å². The average Bonchev–Trinajstić information content (AvgIpc) is 2.81. The van der Waals surface area contributed by atoms with Gasteiger partial charge in [0.05, 0.1) is 0 Å². The molecule has 0 fully saturated rings. The van der Waals surface area contributed by atoms with Crippen molar-refractivity contribution in [3.8, 4) is 0 Å². The minimum atomic E-state index is -0.00101. The Hall–Kier alpha value is -2.37. The largest absolute Gasteiger partial charge is 0.367 e. The standard InChI is InChI=1S/C14H19N5O/c1-3-18(8-12-6-4-5-11(2)7-12)13(20)9-19-10-16-14(15)17-19/h4-7,10H,3,8-9H2,1-2H3,(H2,15,17). The second kappa shape index (κ2) is 6.18. The number of nitrogens with zero attached hydrogens (tertiary/aromatic N) is 4. The zero-order valence-electron chi connectivity index (χ0n) is 11.8. The van der Waals surface area contributed by atoms with Gasteiger partial charge in [0, 0.05) is 13.1 Å². The highest BCUT2D eigenvalue weighted by Crippen LogP contribution is 2.08. The molecule has 0 aliphatic heterocycles. The molecule has 1 heterocycles. The summed E-state index contributed by atoms with van der Waals surface area (Å²) in [5.41, 5.74) is 7.75. The zero-order valence-corrected chi connectivity index (χ0v) is 11.8. The van der Waals surface area contributed by atoms with Crippen molar-refractivity contribution in [2.24, 2.45) is 0 Å². The van der Waals surface area contributed by atoms with E-state index in [-0.39, 0.29) is 18.4 Å². The van der Waals surface area contributed by atoms with Gasteiger partial charge in [-0.3, -0.25) is 4.79 Å². The Balaban J connectivity index is 2.02. The highest BCUT2D eigenvalue weighted by atomic mass is 16.2. The number of hydrogen-bond donors (Lipinski definition) is 1. The summed E-state index contributed by atoms with van der Waals surface area (Å²) in [6.45, 7) is 5.41. The zero-order chi connectivity index (χ0) is 14.5. The van der Waals surface area contributed by atoms with E-state index in [9.17, 15) is 4.79 Å². The van der Waals surface area contributed by atoms with Crippen LogP contribution in [-0.4, -0.2) is 32.1 Å². The number of hydrogen-bond acceptors (Lipinski definition) is 4. The number of amides is 1. The van der Waals surface area contributed by atoms with E-state index in [0.717, 1.165) is 5.56 Å². The molecule has 106 valence electrons. The summed E-state index contributed by atoms with van der Waals surface area (Å²) in [7, 11) is 0. The maximum Gasteiger partial charge on any atom is 0.244 e. The molecule has 20 heavy (non-hydrogen) atoms. The second-order valence-electron chi connectivity index (χ2n) is 4.70. The predicted molar refractivity (Wildman–Crippen MR) is 76.7 cm³/mol. The van der Waals surface area contributed by atoms with Crippen molar-refractivity contribution in [2.45, 2.75) is 26.9 Å². The topological polar surface area (TPSA) is 77.0 Å². The molecular formula is C14H19N5O. The minimum Gasteiger partial charge on any atom is -0.367 e. The lowest BCUT2D eigenvalue weighted by molar-refractivity contribution is -0.132. The van der Waals surface area contributed by atoms with Gasteiger partial charge in [0.1, 0.15) is 12.9 Å². The van der Waals surface area contributed by atoms with E-state index in [1.54, 1.807) is 4.90 Å². The van der Waals surface area contributed by atoms with E-state index in [0.29, 0.717) is 13.1 Å². The quantitative estimate of drug-likeness (QED) is 0.888. The summed E-state index contributed by atoms with van der Waals surface area (Å²) in [5.74, 6) is 0.179. The summed E-state index contributed by atoms with van der Waals surface area (Å²) in [5, 5.41) is 3.92. The first-order chi connectivity index (χ1) is 9.58. The maximum absolute atomic E-state index is 12.2. The monoisotopic (exact) mass is 273 g/mol. The molecule has 1 amide bonds. The first kappa shape index (κ1) is 14.0. The Morgan fingerprint density at radius 1 is 1.45 bits per heavy atom. The van der Waals surface area contributed by atoms with Gasteiger partial charge in [0.2, 0.25) is 11.9 Å². The van der Waals surface area contributed by atoms with Crippen LogP contribution in [0.25, 0.3) is 0 Å². The van der Waals surface area contributed by atoms with Crippen LogP contribution in [0.3, 0.4) is 0 Å². The Morgan fingerprint density at radius 2 is 2.25 bits per heavy atom. The molecule has 2 aromatic rings. The molecule has 6 nitrogen and oxygen atoms in total. The number of anilines is 1. The number of aromatic nitrogens is 3. The van der Waals surface area contributed by atoms with E-state index < -0.39 is 0 Å². The van der Waals surface area contributed by atoms with Crippen molar-refractivity contribution in [1.29, 1.82) is 0 Å². The van der Waals surface area contributed by atoms with Crippen LogP contribution in [0, 0.1) is 6.92 Å². The van der Waals surface area contributed by atoms with E-state index in [4.69, 9.17) is 5.73 Å². The molecule has 0 atom stereocenters. The van der Waals surface area contributed by atoms with Gasteiger partial charge in [-0.15, -0.1) is 5.10 Å². The minimum absolute atomic E-state index is 0.00101. The molecule has 0 saturated carbocycles. The van der Waals surface area contributed by atoms with E-state index in [2.05, 4.69) is 16.1 Å². The number of nitrogen functional groups attached to an aromatic ring is 1. The van der Waals surface area contributed by atoms with Crippen LogP contribution in [0.5, 0.6) is 0 Å². The van der Waals surface area contributed by atoms with Gasteiger partial charge < -0.3 is 10.6 Å². The summed E-state index contributed by atoms with van der Waals surface area (Å²) in [4.78, 5) is 17.8. The van der Waals surface area contributed by atoms with Gasteiger partial charge >= 0.3 is 0 Å². The van der Waals surface area contributed by atoms with Gasteiger partial charge in [0.15, 0.2) is 0 Å². The normalized spacial score (nSPS) is 10.5. The molecule has 0 radical (unpaired) electrons. The van der Waals surface area contributed by atoms with Crippen LogP contribution < -0.4 is 5.73 Å². The second-order valence-corrected chi connectivity index (χ2v) is 4.70. The van der Waals surface area contributed by atoms with Crippen molar-refractivity contribution >= 4 is 11.9 Å². The molecule has 2 rings (SSSR count). The molecule has 1 aromatic carbocycles. The van der Waals surface area contributed by atoms with Crippen molar-refractivity contribution < 1.29 is 4.79 Å². The maximum atomic E-state index is 12.2. The molecule has 0 bridgehead atoms. The summed E-state index contributed by atoms with van der Waals surface area (Å²) in [6.07, 6.45) is 1.47. The third kappa shape index (κ3) is 3.57. The number of rotatable bonds is 5. The lowest BCUT2D eigenvalue weighted by Gasteiger charge is -2.21. The van der Waals surface area contributed by atoms with Crippen molar-refractivity contribution in [2.75, 3.05) is 12.3 Å². The van der Waals surface area contributed by atoms with Crippen LogP contribution in [0.4, 0.5) is 5.95 Å². The number of carbonyl (C=O) groups excluding carboxylic acids is 1. The van der Waals surface area contributed by atoms with Gasteiger partial charge in [-0.1, -0.05) is 29.8 Å². The fourth-order valence-electron chi connectivity index (χ4n) is 2.03. The summed E-state index contributed by atoms with van der Waals surface area (Å²) in [6, 6.07) is 8.15. The smallest absolute Gasteiger partial charge is 0.244 e. The first-order valence-electron chi connectivity index (χ1n) is 6.56. The van der Waals surface area contributed by atoms with Crippen LogP contribution in [0.1, 0.15) is 18.1 Å². The molecule has 2 N–H and O–H groups in total. The Bertz CT molecular complexity index is 593.